The summed E-state index contributed by atoms with van der Waals surface area (Å²) in [5, 5.41) is 11.0. The van der Waals surface area contributed by atoms with Crippen molar-refractivity contribution >= 4 is 29.8 Å². The molecule has 1 heterocycles. The number of rotatable bonds is 8. The number of methoxy groups -OCH3 is 1. The number of carbonyl (C=O) groups is 5. The third-order valence-electron chi connectivity index (χ3n) is 7.04. The largest absolute Gasteiger partial charge is 0.466 e. The van der Waals surface area contributed by atoms with Crippen LogP contribution in [0.3, 0.4) is 0 Å². The Balaban J connectivity index is 2.74. The van der Waals surface area contributed by atoms with Crippen molar-refractivity contribution < 1.29 is 52.8 Å². The molecule has 0 aromatic carbocycles. The molecule has 11 nitrogen and oxygen atoms in total. The first-order valence-corrected chi connectivity index (χ1v) is 12.8. The quantitative estimate of drug-likeness (QED) is 0.205. The van der Waals surface area contributed by atoms with E-state index in [1.165, 1.54) is 13.0 Å². The van der Waals surface area contributed by atoms with E-state index in [-0.39, 0.29) is 11.1 Å². The van der Waals surface area contributed by atoms with E-state index in [4.69, 9.17) is 23.7 Å². The first kappa shape index (κ1) is 31.7. The highest BCUT2D eigenvalue weighted by Gasteiger charge is 2.53. The van der Waals surface area contributed by atoms with Crippen LogP contribution in [0.15, 0.2) is 35.5 Å². The molecule has 0 aromatic heterocycles. The fraction of sp³-hybridized carbons (Fsp3) is 0.607. The Labute approximate surface area is 228 Å². The summed E-state index contributed by atoms with van der Waals surface area (Å²) in [7, 11) is 1.15. The molecule has 1 aliphatic carbocycles. The second-order valence-electron chi connectivity index (χ2n) is 10.1. The maximum atomic E-state index is 13.4. The summed E-state index contributed by atoms with van der Waals surface area (Å²) in [6, 6.07) is 0. The van der Waals surface area contributed by atoms with Crippen LogP contribution < -0.4 is 0 Å². The summed E-state index contributed by atoms with van der Waals surface area (Å²) in [6.07, 6.45) is -0.959. The summed E-state index contributed by atoms with van der Waals surface area (Å²) in [5.41, 5.74) is -1.72. The lowest BCUT2D eigenvalue weighted by Crippen LogP contribution is -2.53. The lowest BCUT2D eigenvalue weighted by atomic mass is 9.83. The van der Waals surface area contributed by atoms with Gasteiger partial charge in [-0.2, -0.15) is 0 Å². The second kappa shape index (κ2) is 13.1. The van der Waals surface area contributed by atoms with Gasteiger partial charge in [-0.1, -0.05) is 32.1 Å². The van der Waals surface area contributed by atoms with Crippen LogP contribution in [0.1, 0.15) is 60.8 Å². The monoisotopic (exact) mass is 550 g/mol. The van der Waals surface area contributed by atoms with Crippen LogP contribution in [0.25, 0.3) is 0 Å². The van der Waals surface area contributed by atoms with Crippen LogP contribution in [0.5, 0.6) is 0 Å². The van der Waals surface area contributed by atoms with Crippen molar-refractivity contribution in [3.05, 3.63) is 35.5 Å². The van der Waals surface area contributed by atoms with Gasteiger partial charge in [-0.3, -0.25) is 9.59 Å². The fourth-order valence-electron chi connectivity index (χ4n) is 4.19. The van der Waals surface area contributed by atoms with E-state index in [9.17, 15) is 29.1 Å². The molecular formula is C28H38O11. The maximum Gasteiger partial charge on any atom is 0.342 e. The Morgan fingerprint density at radius 3 is 2.44 bits per heavy atom. The van der Waals surface area contributed by atoms with Gasteiger partial charge in [-0.25, -0.2) is 14.4 Å². The molecule has 0 spiro atoms. The number of carbonyl (C=O) groups excluding carboxylic acids is 5. The van der Waals surface area contributed by atoms with E-state index in [2.05, 4.69) is 6.58 Å². The molecule has 216 valence electrons. The van der Waals surface area contributed by atoms with Gasteiger partial charge in [0.2, 0.25) is 0 Å². The van der Waals surface area contributed by atoms with Crippen molar-refractivity contribution in [3.8, 4) is 0 Å². The minimum atomic E-state index is -2.35. The van der Waals surface area contributed by atoms with Gasteiger partial charge in [0.15, 0.2) is 17.8 Å². The van der Waals surface area contributed by atoms with Crippen molar-refractivity contribution in [2.45, 2.75) is 90.8 Å². The molecule has 2 rings (SSSR count). The number of hydrogen-bond acceptors (Lipinski definition) is 11. The highest BCUT2D eigenvalue weighted by molar-refractivity contribution is 5.93. The molecule has 1 aliphatic heterocycles. The summed E-state index contributed by atoms with van der Waals surface area (Å²) >= 11 is 0. The highest BCUT2D eigenvalue weighted by atomic mass is 16.6. The minimum Gasteiger partial charge on any atom is -0.466 e. The van der Waals surface area contributed by atoms with E-state index < -0.39 is 71.7 Å². The standard InChI is InChI=1S/C28H38O11/c1-9-15(3)24(30)38-22-19(26(32)35-8)12-10-11-14(2)13-20-21(16(4)25(31)37-20)23(22)39-27(33)28(7,34)17(5)36-18(6)29/h12-13,15,17,20-23,34H,4,9-11H2,1-3,5-8H3/b14-13+,19-12+. The maximum absolute atomic E-state index is 13.4. The number of hydrogen-bond donors (Lipinski definition) is 1. The summed E-state index contributed by atoms with van der Waals surface area (Å²) < 4.78 is 27.0. The van der Waals surface area contributed by atoms with Gasteiger partial charge in [-0.15, -0.1) is 0 Å². The van der Waals surface area contributed by atoms with Gasteiger partial charge < -0.3 is 28.8 Å². The zero-order valence-electron chi connectivity index (χ0n) is 23.5. The average Bonchev–Trinajstić information content (AvgIpc) is 3.14. The van der Waals surface area contributed by atoms with Crippen LogP contribution in [-0.2, 0) is 47.7 Å². The third-order valence-corrected chi connectivity index (χ3v) is 7.04. The molecular weight excluding hydrogens is 512 g/mol. The van der Waals surface area contributed by atoms with Gasteiger partial charge in [0.25, 0.3) is 0 Å². The topological polar surface area (TPSA) is 152 Å². The van der Waals surface area contributed by atoms with Crippen molar-refractivity contribution in [3.63, 3.8) is 0 Å². The molecule has 2 aliphatic rings. The SMILES string of the molecule is C=C1C(=O)OC2/C=C(\C)CC/C=C(/C(=O)OC)C(OC(=O)C(C)CC)C(OC(=O)C(C)(O)C(C)OC(C)=O)C12. The highest BCUT2D eigenvalue weighted by Crippen LogP contribution is 2.38. The fourth-order valence-corrected chi connectivity index (χ4v) is 4.19. The number of aliphatic hydroxyl groups is 1. The smallest absolute Gasteiger partial charge is 0.342 e. The molecule has 0 saturated carbocycles. The molecule has 1 fully saturated rings. The molecule has 11 heteroatoms. The Morgan fingerprint density at radius 1 is 1.23 bits per heavy atom. The van der Waals surface area contributed by atoms with Crippen molar-refractivity contribution in [2.24, 2.45) is 11.8 Å². The molecule has 0 aromatic rings. The zero-order valence-corrected chi connectivity index (χ0v) is 23.5. The first-order valence-electron chi connectivity index (χ1n) is 12.8. The average molecular weight is 551 g/mol. The lowest BCUT2D eigenvalue weighted by molar-refractivity contribution is -0.197. The van der Waals surface area contributed by atoms with E-state index >= 15 is 0 Å². The third kappa shape index (κ3) is 7.35. The van der Waals surface area contributed by atoms with Gasteiger partial charge in [0, 0.05) is 12.5 Å². The zero-order chi connectivity index (χ0) is 29.7. The first-order chi connectivity index (χ1) is 18.1. The molecule has 0 amide bonds. The summed E-state index contributed by atoms with van der Waals surface area (Å²) in [5.74, 6) is -5.96. The molecule has 0 bridgehead atoms. The predicted octanol–water partition coefficient (Wildman–Crippen LogP) is 2.50. The Morgan fingerprint density at radius 2 is 1.87 bits per heavy atom. The predicted molar refractivity (Wildman–Crippen MR) is 137 cm³/mol. The summed E-state index contributed by atoms with van der Waals surface area (Å²) in [4.78, 5) is 63.5. The lowest BCUT2D eigenvalue weighted by Gasteiger charge is -2.36. The van der Waals surface area contributed by atoms with Crippen molar-refractivity contribution in [1.82, 2.24) is 0 Å². The van der Waals surface area contributed by atoms with Gasteiger partial charge >= 0.3 is 29.8 Å². The van der Waals surface area contributed by atoms with Gasteiger partial charge in [-0.05, 0) is 46.1 Å². The van der Waals surface area contributed by atoms with Crippen molar-refractivity contribution in [2.75, 3.05) is 7.11 Å². The number of esters is 5. The second-order valence-corrected chi connectivity index (χ2v) is 10.1. The van der Waals surface area contributed by atoms with E-state index in [1.807, 2.05) is 6.92 Å². The van der Waals surface area contributed by atoms with E-state index in [0.717, 1.165) is 26.5 Å². The molecule has 1 N–H and O–H groups in total. The van der Waals surface area contributed by atoms with Gasteiger partial charge in [0.1, 0.15) is 12.2 Å². The van der Waals surface area contributed by atoms with E-state index in [1.54, 1.807) is 19.9 Å². The number of fused-ring (bicyclic) bond motifs is 1. The number of ether oxygens (including phenoxy) is 5. The van der Waals surface area contributed by atoms with Crippen LogP contribution in [0.2, 0.25) is 0 Å². The van der Waals surface area contributed by atoms with Crippen LogP contribution >= 0.6 is 0 Å². The molecule has 0 radical (unpaired) electrons. The molecule has 1 saturated heterocycles. The molecule has 7 atom stereocenters. The Kier molecular flexibility index (Phi) is 10.6. The van der Waals surface area contributed by atoms with E-state index in [0.29, 0.717) is 19.3 Å². The molecule has 7 unspecified atom stereocenters. The minimum absolute atomic E-state index is 0.0797. The van der Waals surface area contributed by atoms with Gasteiger partial charge in [0.05, 0.1) is 24.5 Å². The Hall–Kier alpha value is -3.47. The van der Waals surface area contributed by atoms with Crippen molar-refractivity contribution in [1.29, 1.82) is 0 Å². The van der Waals surface area contributed by atoms with Crippen LogP contribution in [0, 0.1) is 11.8 Å². The van der Waals surface area contributed by atoms with Crippen LogP contribution in [-0.4, -0.2) is 72.1 Å². The Bertz CT molecular complexity index is 1070. The summed E-state index contributed by atoms with van der Waals surface area (Å²) in [6.45, 7) is 12.5. The molecule has 39 heavy (non-hydrogen) atoms. The number of allylic oxidation sites excluding steroid dienone is 2. The normalized spacial score (nSPS) is 29.0. The van der Waals surface area contributed by atoms with Crippen LogP contribution in [0.4, 0.5) is 0 Å².